The topological polar surface area (TPSA) is 93.1 Å². The molecule has 0 radical (unpaired) electrons. The van der Waals surface area contributed by atoms with Gasteiger partial charge < -0.3 is 14.6 Å². The van der Waals surface area contributed by atoms with Crippen molar-refractivity contribution < 1.29 is 29.0 Å². The van der Waals surface area contributed by atoms with Crippen LogP contribution in [0.25, 0.3) is 6.08 Å². The van der Waals surface area contributed by atoms with E-state index >= 15 is 0 Å². The van der Waals surface area contributed by atoms with E-state index in [1.165, 1.54) is 24.1 Å². The Morgan fingerprint density at radius 2 is 1.71 bits per heavy atom. The van der Waals surface area contributed by atoms with Crippen molar-refractivity contribution in [1.29, 1.82) is 0 Å². The number of carboxylic acids is 1. The van der Waals surface area contributed by atoms with Crippen molar-refractivity contribution in [3.63, 3.8) is 0 Å². The monoisotopic (exact) mass is 489 g/mol. The normalized spacial score (nSPS) is 14.4. The van der Waals surface area contributed by atoms with Gasteiger partial charge in [-0.3, -0.25) is 14.5 Å². The Balaban J connectivity index is 1.42. The summed E-state index contributed by atoms with van der Waals surface area (Å²) in [5.74, 6) is -0.309. The average Bonchev–Trinajstić information content (AvgIpc) is 3.14. The minimum Gasteiger partial charge on any atom is -0.493 e. The molecule has 7 nitrogen and oxygen atoms in total. The van der Waals surface area contributed by atoms with Crippen LogP contribution in [0.2, 0.25) is 0 Å². The number of imide groups is 1. The molecular formula is C27H23NO6S. The SMILES string of the molecule is COc1cc(/C=C2\SC(=O)N(CCc3ccccc3)C2=O)ccc1OCc1ccc(C(=O)O)cc1. The summed E-state index contributed by atoms with van der Waals surface area (Å²) in [6.07, 6.45) is 2.27. The lowest BCUT2D eigenvalue weighted by Gasteiger charge is -2.12. The maximum Gasteiger partial charge on any atom is 0.335 e. The van der Waals surface area contributed by atoms with Crippen molar-refractivity contribution in [2.24, 2.45) is 0 Å². The number of hydrogen-bond acceptors (Lipinski definition) is 6. The Kier molecular flexibility index (Phi) is 7.52. The number of carbonyl (C=O) groups is 3. The zero-order valence-corrected chi connectivity index (χ0v) is 19.8. The van der Waals surface area contributed by atoms with Crippen LogP contribution in [0.3, 0.4) is 0 Å². The molecule has 178 valence electrons. The van der Waals surface area contributed by atoms with E-state index in [1.807, 2.05) is 30.3 Å². The van der Waals surface area contributed by atoms with Crippen molar-refractivity contribution in [3.8, 4) is 11.5 Å². The van der Waals surface area contributed by atoms with Gasteiger partial charge in [0.1, 0.15) is 6.61 Å². The Labute approximate surface area is 207 Å². The summed E-state index contributed by atoms with van der Waals surface area (Å²) in [4.78, 5) is 37.8. The summed E-state index contributed by atoms with van der Waals surface area (Å²) < 4.78 is 11.3. The molecule has 35 heavy (non-hydrogen) atoms. The third-order valence-corrected chi connectivity index (χ3v) is 6.33. The largest absolute Gasteiger partial charge is 0.493 e. The number of aromatic carboxylic acids is 1. The zero-order chi connectivity index (χ0) is 24.8. The smallest absolute Gasteiger partial charge is 0.335 e. The summed E-state index contributed by atoms with van der Waals surface area (Å²) >= 11 is 0.925. The minimum absolute atomic E-state index is 0.208. The van der Waals surface area contributed by atoms with Crippen LogP contribution in [0, 0.1) is 0 Å². The lowest BCUT2D eigenvalue weighted by molar-refractivity contribution is -0.122. The molecule has 3 aromatic rings. The molecule has 8 heteroatoms. The molecule has 1 saturated heterocycles. The molecule has 0 saturated carbocycles. The van der Waals surface area contributed by atoms with Gasteiger partial charge in [-0.05, 0) is 65.2 Å². The van der Waals surface area contributed by atoms with Crippen LogP contribution in [-0.4, -0.2) is 40.8 Å². The Hall–Kier alpha value is -4.04. The number of hydrogen-bond donors (Lipinski definition) is 1. The number of benzene rings is 3. The lowest BCUT2D eigenvalue weighted by Crippen LogP contribution is -2.30. The van der Waals surface area contributed by atoms with Crippen LogP contribution in [-0.2, 0) is 17.8 Å². The molecule has 1 aliphatic heterocycles. The van der Waals surface area contributed by atoms with E-state index in [-0.39, 0.29) is 23.3 Å². The van der Waals surface area contributed by atoms with Gasteiger partial charge in [-0.1, -0.05) is 48.5 Å². The summed E-state index contributed by atoms with van der Waals surface area (Å²) in [7, 11) is 1.52. The second-order valence-corrected chi connectivity index (χ2v) is 8.76. The van der Waals surface area contributed by atoms with Crippen LogP contribution in [0.4, 0.5) is 4.79 Å². The van der Waals surface area contributed by atoms with Crippen LogP contribution in [0.1, 0.15) is 27.0 Å². The maximum absolute atomic E-state index is 12.8. The summed E-state index contributed by atoms with van der Waals surface area (Å²) in [6, 6.07) is 21.4. The van der Waals surface area contributed by atoms with E-state index in [0.717, 1.165) is 22.9 Å². The van der Waals surface area contributed by atoms with E-state index in [1.54, 1.807) is 36.4 Å². The summed E-state index contributed by atoms with van der Waals surface area (Å²) in [6.45, 7) is 0.561. The van der Waals surface area contributed by atoms with Gasteiger partial charge in [0.25, 0.3) is 11.1 Å². The molecular weight excluding hydrogens is 466 g/mol. The van der Waals surface area contributed by atoms with Crippen molar-refractivity contribution in [3.05, 3.63) is 100.0 Å². The lowest BCUT2D eigenvalue weighted by atomic mass is 10.1. The molecule has 1 N–H and O–H groups in total. The Bertz CT molecular complexity index is 1270. The quantitative estimate of drug-likeness (QED) is 0.410. The highest BCUT2D eigenvalue weighted by Gasteiger charge is 2.34. The van der Waals surface area contributed by atoms with Crippen LogP contribution in [0.5, 0.6) is 11.5 Å². The molecule has 0 aliphatic carbocycles. The number of thioether (sulfide) groups is 1. The second-order valence-electron chi connectivity index (χ2n) is 7.77. The van der Waals surface area contributed by atoms with Crippen LogP contribution in [0.15, 0.2) is 77.7 Å². The van der Waals surface area contributed by atoms with E-state index in [2.05, 4.69) is 0 Å². The molecule has 4 rings (SSSR count). The fourth-order valence-corrected chi connectivity index (χ4v) is 4.39. The molecule has 0 aromatic heterocycles. The molecule has 2 amide bonds. The number of carbonyl (C=O) groups excluding carboxylic acids is 2. The fraction of sp³-hybridized carbons (Fsp3) is 0.148. The number of carboxylic acid groups (broad SMARTS) is 1. The third kappa shape index (κ3) is 5.91. The first-order valence-electron chi connectivity index (χ1n) is 10.9. The summed E-state index contributed by atoms with van der Waals surface area (Å²) in [5, 5.41) is 8.72. The standard InChI is InChI=1S/C27H23NO6S/c1-33-23-15-20(9-12-22(23)34-17-19-7-10-21(11-8-19)26(30)31)16-24-25(29)28(27(32)35-24)14-13-18-5-3-2-4-6-18/h2-12,15-16H,13-14,17H2,1H3,(H,30,31)/b24-16-. The molecule has 0 bridgehead atoms. The number of methoxy groups -OCH3 is 1. The third-order valence-electron chi connectivity index (χ3n) is 5.42. The zero-order valence-electron chi connectivity index (χ0n) is 19.0. The first-order valence-corrected chi connectivity index (χ1v) is 11.7. The van der Waals surface area contributed by atoms with E-state index in [4.69, 9.17) is 14.6 Å². The van der Waals surface area contributed by atoms with Gasteiger partial charge in [-0.25, -0.2) is 4.79 Å². The second kappa shape index (κ2) is 10.9. The molecule has 0 spiro atoms. The first kappa shape index (κ1) is 24.1. The van der Waals surface area contributed by atoms with Gasteiger partial charge in [0.15, 0.2) is 11.5 Å². The highest BCUT2D eigenvalue weighted by atomic mass is 32.2. The molecule has 1 fully saturated rings. The maximum atomic E-state index is 12.8. The Morgan fingerprint density at radius 3 is 2.40 bits per heavy atom. The molecule has 1 aliphatic rings. The average molecular weight is 490 g/mol. The predicted octanol–water partition coefficient (Wildman–Crippen LogP) is 5.25. The number of amides is 2. The number of rotatable bonds is 9. The first-order chi connectivity index (χ1) is 16.9. The van der Waals surface area contributed by atoms with Crippen LogP contribution >= 0.6 is 11.8 Å². The molecule has 0 unspecified atom stereocenters. The van der Waals surface area contributed by atoms with Gasteiger partial charge in [0.2, 0.25) is 0 Å². The number of ether oxygens (including phenoxy) is 2. The predicted molar refractivity (Wildman–Crippen MR) is 134 cm³/mol. The van der Waals surface area contributed by atoms with E-state index < -0.39 is 5.97 Å². The van der Waals surface area contributed by atoms with Crippen LogP contribution < -0.4 is 9.47 Å². The van der Waals surface area contributed by atoms with Crippen molar-refractivity contribution >= 4 is 35.0 Å². The molecule has 3 aromatic carbocycles. The van der Waals surface area contributed by atoms with Gasteiger partial charge in [-0.2, -0.15) is 0 Å². The summed E-state index contributed by atoms with van der Waals surface area (Å²) in [5.41, 5.74) is 2.78. The highest BCUT2D eigenvalue weighted by Crippen LogP contribution is 2.35. The van der Waals surface area contributed by atoms with Crippen molar-refractivity contribution in [2.75, 3.05) is 13.7 Å². The van der Waals surface area contributed by atoms with Gasteiger partial charge in [0, 0.05) is 6.54 Å². The van der Waals surface area contributed by atoms with Gasteiger partial charge >= 0.3 is 5.97 Å². The molecule has 1 heterocycles. The molecule has 0 atom stereocenters. The fourth-order valence-electron chi connectivity index (χ4n) is 3.53. The highest BCUT2D eigenvalue weighted by molar-refractivity contribution is 8.18. The number of nitrogens with zero attached hydrogens (tertiary/aromatic N) is 1. The van der Waals surface area contributed by atoms with E-state index in [9.17, 15) is 14.4 Å². The van der Waals surface area contributed by atoms with E-state index in [0.29, 0.717) is 34.9 Å². The van der Waals surface area contributed by atoms with Gasteiger partial charge in [-0.15, -0.1) is 0 Å². The minimum atomic E-state index is -0.983. The van der Waals surface area contributed by atoms with Crippen molar-refractivity contribution in [2.45, 2.75) is 13.0 Å². The van der Waals surface area contributed by atoms with Gasteiger partial charge in [0.05, 0.1) is 17.6 Å². The Morgan fingerprint density at radius 1 is 0.971 bits per heavy atom. The van der Waals surface area contributed by atoms with Crippen molar-refractivity contribution in [1.82, 2.24) is 4.90 Å².